The van der Waals surface area contributed by atoms with E-state index in [1.807, 2.05) is 36.5 Å². The van der Waals surface area contributed by atoms with Gasteiger partial charge in [-0.1, -0.05) is 63.2 Å². The van der Waals surface area contributed by atoms with E-state index >= 15 is 0 Å². The van der Waals surface area contributed by atoms with Crippen LogP contribution in [0.1, 0.15) is 26.3 Å². The molecule has 0 saturated carbocycles. The van der Waals surface area contributed by atoms with Gasteiger partial charge in [0.05, 0.1) is 20.8 Å². The zero-order chi connectivity index (χ0) is 27.2. The van der Waals surface area contributed by atoms with Crippen molar-refractivity contribution in [3.8, 4) is 17.3 Å². The van der Waals surface area contributed by atoms with Gasteiger partial charge in [-0.15, -0.1) is 0 Å². The highest BCUT2D eigenvalue weighted by Gasteiger charge is 2.20. The summed E-state index contributed by atoms with van der Waals surface area (Å²) in [5, 5.41) is 2.21. The molecule has 5 nitrogen and oxygen atoms in total. The van der Waals surface area contributed by atoms with Crippen molar-refractivity contribution in [1.29, 1.82) is 0 Å². The second kappa shape index (κ2) is 9.40. The number of ether oxygens (including phenoxy) is 1. The first kappa shape index (κ1) is 24.9. The van der Waals surface area contributed by atoms with E-state index in [9.17, 15) is 8.42 Å². The quantitative estimate of drug-likeness (QED) is 0.225. The van der Waals surface area contributed by atoms with Crippen LogP contribution < -0.4 is 4.74 Å². The Morgan fingerprint density at radius 3 is 2.15 bits per heavy atom. The molecule has 0 bridgehead atoms. The first-order valence-electron chi connectivity index (χ1n) is 12.8. The molecule has 0 saturated heterocycles. The summed E-state index contributed by atoms with van der Waals surface area (Å²) in [5.74, 6) is 1.89. The summed E-state index contributed by atoms with van der Waals surface area (Å²) in [6.45, 7) is 6.57. The smallest absolute Gasteiger partial charge is 0.206 e. The highest BCUT2D eigenvalue weighted by atomic mass is 32.2. The van der Waals surface area contributed by atoms with Crippen molar-refractivity contribution in [2.45, 2.75) is 36.0 Å². The summed E-state index contributed by atoms with van der Waals surface area (Å²) < 4.78 is 34.7. The predicted octanol–water partition coefficient (Wildman–Crippen LogP) is 8.10. The standard InChI is InChI=1S/C33H28N2O3S/c1-33(2,3)23-18-19-34-32(20-23)35-30-15-8-7-14-28(30)29-17-16-25(22-31(29)35)38-24-10-9-13-27(21-24)39(36,37)26-11-5-4-6-12-26/h4-22H,1-3H3. The van der Waals surface area contributed by atoms with Crippen LogP contribution >= 0.6 is 0 Å². The molecule has 6 aromatic rings. The van der Waals surface area contributed by atoms with Gasteiger partial charge in [0, 0.05) is 23.0 Å². The summed E-state index contributed by atoms with van der Waals surface area (Å²) in [5.41, 5.74) is 3.19. The van der Waals surface area contributed by atoms with Gasteiger partial charge in [-0.25, -0.2) is 13.4 Å². The van der Waals surface area contributed by atoms with Gasteiger partial charge in [0.2, 0.25) is 9.84 Å². The first-order valence-corrected chi connectivity index (χ1v) is 14.3. The number of rotatable bonds is 5. The lowest BCUT2D eigenvalue weighted by atomic mass is 9.88. The lowest BCUT2D eigenvalue weighted by Gasteiger charge is -2.20. The molecule has 0 spiro atoms. The molecule has 0 aliphatic carbocycles. The molecule has 0 radical (unpaired) electrons. The van der Waals surface area contributed by atoms with E-state index in [0.29, 0.717) is 11.5 Å². The summed E-state index contributed by atoms with van der Waals surface area (Å²) in [4.78, 5) is 5.17. The Morgan fingerprint density at radius 2 is 1.36 bits per heavy atom. The number of sulfone groups is 1. The Balaban J connectivity index is 1.45. The van der Waals surface area contributed by atoms with Crippen LogP contribution in [-0.2, 0) is 15.3 Å². The molecular weight excluding hydrogens is 504 g/mol. The van der Waals surface area contributed by atoms with Gasteiger partial charge in [0.15, 0.2) is 0 Å². The van der Waals surface area contributed by atoms with E-state index in [-0.39, 0.29) is 15.2 Å². The maximum atomic E-state index is 13.1. The average Bonchev–Trinajstić information content (AvgIpc) is 3.27. The number of hydrogen-bond donors (Lipinski definition) is 0. The average molecular weight is 533 g/mol. The van der Waals surface area contributed by atoms with Crippen LogP contribution in [0.15, 0.2) is 125 Å². The number of hydrogen-bond acceptors (Lipinski definition) is 4. The Labute approximate surface area is 228 Å². The number of para-hydroxylation sites is 1. The summed E-state index contributed by atoms with van der Waals surface area (Å²) in [6.07, 6.45) is 1.86. The van der Waals surface area contributed by atoms with E-state index in [1.54, 1.807) is 54.6 Å². The molecule has 4 aromatic carbocycles. The maximum absolute atomic E-state index is 13.1. The fourth-order valence-corrected chi connectivity index (χ4v) is 6.16. The van der Waals surface area contributed by atoms with Gasteiger partial charge in [0.1, 0.15) is 17.3 Å². The Morgan fingerprint density at radius 1 is 0.667 bits per heavy atom. The fraction of sp³-hybridized carbons (Fsp3) is 0.121. The summed E-state index contributed by atoms with van der Waals surface area (Å²) in [7, 11) is -3.66. The molecule has 0 unspecified atom stereocenters. The third-order valence-corrected chi connectivity index (χ3v) is 8.66. The third-order valence-electron chi connectivity index (χ3n) is 6.89. The number of aromatic nitrogens is 2. The highest BCUT2D eigenvalue weighted by Crippen LogP contribution is 2.36. The number of pyridine rings is 1. The van der Waals surface area contributed by atoms with Crippen molar-refractivity contribution in [2.24, 2.45) is 0 Å². The Hall–Kier alpha value is -4.42. The summed E-state index contributed by atoms with van der Waals surface area (Å²) >= 11 is 0. The van der Waals surface area contributed by atoms with E-state index in [4.69, 9.17) is 9.72 Å². The van der Waals surface area contributed by atoms with Crippen molar-refractivity contribution < 1.29 is 13.2 Å². The van der Waals surface area contributed by atoms with Gasteiger partial charge in [0.25, 0.3) is 0 Å². The first-order chi connectivity index (χ1) is 18.7. The van der Waals surface area contributed by atoms with Crippen LogP contribution in [-0.4, -0.2) is 18.0 Å². The SMILES string of the molecule is CC(C)(C)c1ccnc(-n2c3ccccc3c3ccc(Oc4cccc(S(=O)(=O)c5ccccc5)c4)cc32)c1. The molecular formula is C33H28N2O3S. The van der Waals surface area contributed by atoms with E-state index in [0.717, 1.165) is 27.6 Å². The van der Waals surface area contributed by atoms with Crippen LogP contribution in [0.2, 0.25) is 0 Å². The van der Waals surface area contributed by atoms with Crippen LogP contribution in [0.3, 0.4) is 0 Å². The van der Waals surface area contributed by atoms with E-state index < -0.39 is 9.84 Å². The van der Waals surface area contributed by atoms with Crippen molar-refractivity contribution in [3.05, 3.63) is 121 Å². The molecule has 0 atom stereocenters. The molecule has 0 N–H and O–H groups in total. The monoisotopic (exact) mass is 532 g/mol. The normalized spacial score (nSPS) is 12.2. The molecule has 0 aliphatic rings. The molecule has 6 rings (SSSR count). The van der Waals surface area contributed by atoms with Crippen molar-refractivity contribution in [3.63, 3.8) is 0 Å². The maximum Gasteiger partial charge on any atom is 0.206 e. The van der Waals surface area contributed by atoms with Crippen LogP contribution in [0.5, 0.6) is 11.5 Å². The third kappa shape index (κ3) is 4.57. The van der Waals surface area contributed by atoms with Gasteiger partial charge in [-0.3, -0.25) is 4.57 Å². The lowest BCUT2D eigenvalue weighted by molar-refractivity contribution is 0.481. The van der Waals surface area contributed by atoms with Gasteiger partial charge in [-0.05, 0) is 71.6 Å². The minimum atomic E-state index is -3.66. The van der Waals surface area contributed by atoms with Crippen LogP contribution in [0.4, 0.5) is 0 Å². The molecule has 0 amide bonds. The number of fused-ring (bicyclic) bond motifs is 3. The Bertz CT molecular complexity index is 1940. The second-order valence-corrected chi connectivity index (χ2v) is 12.5. The van der Waals surface area contributed by atoms with Crippen molar-refractivity contribution in [2.75, 3.05) is 0 Å². The molecule has 194 valence electrons. The van der Waals surface area contributed by atoms with Gasteiger partial charge < -0.3 is 4.74 Å². The van der Waals surface area contributed by atoms with E-state index in [1.165, 1.54) is 5.56 Å². The molecule has 0 fully saturated rings. The topological polar surface area (TPSA) is 61.2 Å². The van der Waals surface area contributed by atoms with E-state index in [2.05, 4.69) is 49.6 Å². The van der Waals surface area contributed by atoms with Crippen LogP contribution in [0, 0.1) is 0 Å². The fourth-order valence-electron chi connectivity index (χ4n) is 4.84. The minimum Gasteiger partial charge on any atom is -0.457 e. The van der Waals surface area contributed by atoms with Crippen LogP contribution in [0.25, 0.3) is 27.6 Å². The largest absolute Gasteiger partial charge is 0.457 e. The zero-order valence-electron chi connectivity index (χ0n) is 22.0. The number of nitrogens with zero attached hydrogens (tertiary/aromatic N) is 2. The lowest BCUT2D eigenvalue weighted by Crippen LogP contribution is -2.12. The molecule has 2 heterocycles. The molecule has 6 heteroatoms. The Kier molecular flexibility index (Phi) is 6.00. The predicted molar refractivity (Wildman–Crippen MR) is 156 cm³/mol. The minimum absolute atomic E-state index is 0.0180. The molecule has 2 aromatic heterocycles. The van der Waals surface area contributed by atoms with Crippen molar-refractivity contribution >= 4 is 31.6 Å². The van der Waals surface area contributed by atoms with Crippen molar-refractivity contribution in [1.82, 2.24) is 9.55 Å². The number of benzene rings is 4. The molecule has 39 heavy (non-hydrogen) atoms. The zero-order valence-corrected chi connectivity index (χ0v) is 22.8. The summed E-state index contributed by atoms with van der Waals surface area (Å²) in [6, 6.07) is 33.4. The second-order valence-electron chi connectivity index (χ2n) is 10.6. The highest BCUT2D eigenvalue weighted by molar-refractivity contribution is 7.91. The van der Waals surface area contributed by atoms with Gasteiger partial charge >= 0.3 is 0 Å². The van der Waals surface area contributed by atoms with Gasteiger partial charge in [-0.2, -0.15) is 0 Å². The molecule has 0 aliphatic heterocycles.